The number of rotatable bonds is 0. The Morgan fingerprint density at radius 2 is 1.76 bits per heavy atom. The molecule has 0 aromatic heterocycles. The van der Waals surface area contributed by atoms with Gasteiger partial charge >= 0.3 is 6.18 Å². The van der Waals surface area contributed by atoms with Crippen molar-refractivity contribution in [3.05, 3.63) is 29.2 Å². The van der Waals surface area contributed by atoms with Crippen molar-refractivity contribution in [1.29, 1.82) is 0 Å². The zero-order valence-electron chi connectivity index (χ0n) is 10.5. The van der Waals surface area contributed by atoms with E-state index in [2.05, 4.69) is 11.8 Å². The molecule has 93 valence electrons. The molecule has 0 saturated heterocycles. The number of hydrogen-bond acceptors (Lipinski definition) is 0. The second kappa shape index (κ2) is 4.60. The monoisotopic (exact) mass is 241 g/mol. The molecule has 17 heavy (non-hydrogen) atoms. The van der Waals surface area contributed by atoms with Gasteiger partial charge in [-0.1, -0.05) is 17.9 Å². The van der Waals surface area contributed by atoms with Crippen molar-refractivity contribution in [2.45, 2.75) is 40.3 Å². The molecular weight excluding hydrogens is 225 g/mol. The topological polar surface area (TPSA) is 0 Å². The van der Waals surface area contributed by atoms with Crippen molar-refractivity contribution in [1.82, 2.24) is 0 Å². The van der Waals surface area contributed by atoms with Crippen molar-refractivity contribution in [3.8, 4) is 11.8 Å². The molecule has 0 atom stereocenters. The SMILES string of the molecule is CC1=CC[CH]C(C#CC(C)(C)C)=C1C(F)(F)F. The van der Waals surface area contributed by atoms with Gasteiger partial charge in [-0.2, -0.15) is 13.2 Å². The van der Waals surface area contributed by atoms with E-state index in [9.17, 15) is 13.2 Å². The minimum Gasteiger partial charge on any atom is -0.166 e. The molecule has 0 amide bonds. The van der Waals surface area contributed by atoms with Crippen LogP contribution in [-0.2, 0) is 0 Å². The first-order chi connectivity index (χ1) is 7.61. The first kappa shape index (κ1) is 13.9. The summed E-state index contributed by atoms with van der Waals surface area (Å²) in [5.41, 5.74) is -0.529. The number of allylic oxidation sites excluding steroid dienone is 4. The fraction of sp³-hybridized carbons (Fsp3) is 0.500. The van der Waals surface area contributed by atoms with E-state index in [0.29, 0.717) is 6.42 Å². The van der Waals surface area contributed by atoms with E-state index in [1.807, 2.05) is 20.8 Å². The lowest BCUT2D eigenvalue weighted by atomic mass is 9.90. The van der Waals surface area contributed by atoms with Gasteiger partial charge in [0, 0.05) is 17.4 Å². The Hall–Kier alpha value is -1.17. The summed E-state index contributed by atoms with van der Waals surface area (Å²) < 4.78 is 38.6. The molecule has 1 aliphatic carbocycles. The van der Waals surface area contributed by atoms with Crippen molar-refractivity contribution in [2.75, 3.05) is 0 Å². The van der Waals surface area contributed by atoms with Gasteiger partial charge in [-0.05, 0) is 39.7 Å². The summed E-state index contributed by atoms with van der Waals surface area (Å²) in [5, 5.41) is 0. The maximum Gasteiger partial charge on any atom is 0.417 e. The van der Waals surface area contributed by atoms with E-state index in [0.717, 1.165) is 0 Å². The summed E-state index contributed by atoms with van der Waals surface area (Å²) in [6.07, 6.45) is -0.710. The lowest BCUT2D eigenvalue weighted by Crippen LogP contribution is -2.17. The summed E-state index contributed by atoms with van der Waals surface area (Å²) in [4.78, 5) is 0. The van der Waals surface area contributed by atoms with E-state index < -0.39 is 11.7 Å². The zero-order chi connectivity index (χ0) is 13.3. The molecule has 0 aliphatic heterocycles. The van der Waals surface area contributed by atoms with Gasteiger partial charge in [0.2, 0.25) is 0 Å². The molecule has 1 rings (SSSR count). The fourth-order valence-corrected chi connectivity index (χ4v) is 1.51. The van der Waals surface area contributed by atoms with Crippen LogP contribution in [0.2, 0.25) is 0 Å². The minimum atomic E-state index is -4.33. The second-order valence-corrected chi connectivity index (χ2v) is 5.11. The molecule has 0 unspecified atom stereocenters. The Balaban J connectivity index is 3.23. The first-order valence-corrected chi connectivity index (χ1v) is 5.46. The third-order valence-corrected chi connectivity index (χ3v) is 2.27. The number of hydrogen-bond donors (Lipinski definition) is 0. The minimum absolute atomic E-state index is 0.104. The summed E-state index contributed by atoms with van der Waals surface area (Å²) in [6, 6.07) is 0. The Bertz CT molecular complexity index is 417. The highest BCUT2D eigenvalue weighted by molar-refractivity contribution is 5.53. The molecule has 0 saturated carbocycles. The van der Waals surface area contributed by atoms with Crippen LogP contribution in [0.3, 0.4) is 0 Å². The molecule has 3 heteroatoms. The molecule has 0 bridgehead atoms. The van der Waals surface area contributed by atoms with Crippen molar-refractivity contribution < 1.29 is 13.2 Å². The zero-order valence-corrected chi connectivity index (χ0v) is 10.5. The van der Waals surface area contributed by atoms with Crippen LogP contribution in [0.5, 0.6) is 0 Å². The van der Waals surface area contributed by atoms with Crippen LogP contribution in [-0.4, -0.2) is 6.18 Å². The molecule has 0 fully saturated rings. The Morgan fingerprint density at radius 1 is 1.18 bits per heavy atom. The van der Waals surface area contributed by atoms with Crippen molar-refractivity contribution in [2.24, 2.45) is 5.41 Å². The molecule has 0 spiro atoms. The quantitative estimate of drug-likeness (QED) is 0.550. The van der Waals surface area contributed by atoms with Gasteiger partial charge in [-0.3, -0.25) is 0 Å². The molecule has 0 nitrogen and oxygen atoms in total. The highest BCUT2D eigenvalue weighted by Gasteiger charge is 2.37. The third-order valence-electron chi connectivity index (χ3n) is 2.27. The molecule has 0 aromatic rings. The maximum absolute atomic E-state index is 12.9. The summed E-state index contributed by atoms with van der Waals surface area (Å²) in [5.74, 6) is 5.51. The van der Waals surface area contributed by atoms with Crippen LogP contribution in [0.15, 0.2) is 22.8 Å². The van der Waals surface area contributed by atoms with Crippen molar-refractivity contribution in [3.63, 3.8) is 0 Å². The predicted molar refractivity (Wildman–Crippen MR) is 63.0 cm³/mol. The van der Waals surface area contributed by atoms with Crippen LogP contribution < -0.4 is 0 Å². The molecule has 0 heterocycles. The van der Waals surface area contributed by atoms with Gasteiger partial charge < -0.3 is 0 Å². The lowest BCUT2D eigenvalue weighted by Gasteiger charge is -2.19. The first-order valence-electron chi connectivity index (χ1n) is 5.46. The average molecular weight is 241 g/mol. The number of alkyl halides is 3. The highest BCUT2D eigenvalue weighted by atomic mass is 19.4. The third kappa shape index (κ3) is 3.96. The summed E-state index contributed by atoms with van der Waals surface area (Å²) in [6.45, 7) is 7.10. The molecule has 0 aromatic carbocycles. The Morgan fingerprint density at radius 3 is 2.24 bits per heavy atom. The highest BCUT2D eigenvalue weighted by Crippen LogP contribution is 2.37. The summed E-state index contributed by atoms with van der Waals surface area (Å²) in [7, 11) is 0. The van der Waals surface area contributed by atoms with Gasteiger partial charge in [0.05, 0.1) is 5.57 Å². The largest absolute Gasteiger partial charge is 0.417 e. The van der Waals surface area contributed by atoms with E-state index >= 15 is 0 Å². The van der Waals surface area contributed by atoms with Gasteiger partial charge in [0.25, 0.3) is 0 Å². The molecule has 1 radical (unpaired) electrons. The van der Waals surface area contributed by atoms with Gasteiger partial charge in [-0.15, -0.1) is 0 Å². The predicted octanol–water partition coefficient (Wildman–Crippen LogP) is 4.45. The molecule has 0 N–H and O–H groups in total. The smallest absolute Gasteiger partial charge is 0.166 e. The van der Waals surface area contributed by atoms with E-state index in [1.165, 1.54) is 13.3 Å². The normalized spacial score (nSPS) is 17.5. The average Bonchev–Trinajstić information content (AvgIpc) is 2.11. The Kier molecular flexibility index (Phi) is 3.76. The fourth-order valence-electron chi connectivity index (χ4n) is 1.51. The maximum atomic E-state index is 12.9. The second-order valence-electron chi connectivity index (χ2n) is 5.11. The van der Waals surface area contributed by atoms with E-state index in [-0.39, 0.29) is 16.6 Å². The number of halogens is 3. The van der Waals surface area contributed by atoms with Crippen LogP contribution in [0.1, 0.15) is 34.1 Å². The van der Waals surface area contributed by atoms with Gasteiger partial charge in [0.15, 0.2) is 0 Å². The van der Waals surface area contributed by atoms with Crippen LogP contribution >= 0.6 is 0 Å². The summed E-state index contributed by atoms with van der Waals surface area (Å²) >= 11 is 0. The van der Waals surface area contributed by atoms with Crippen molar-refractivity contribution >= 4 is 0 Å². The molecular formula is C14H16F3. The van der Waals surface area contributed by atoms with Crippen LogP contribution in [0, 0.1) is 23.7 Å². The lowest BCUT2D eigenvalue weighted by molar-refractivity contribution is -0.0899. The standard InChI is InChI=1S/C14H16F3/c1-10-6-5-7-11(8-9-13(2,3)4)12(10)14(15,16)17/h6-7H,5H2,1-4H3. The Labute approximate surface area is 101 Å². The van der Waals surface area contributed by atoms with E-state index in [4.69, 9.17) is 0 Å². The van der Waals surface area contributed by atoms with E-state index in [1.54, 1.807) is 6.08 Å². The van der Waals surface area contributed by atoms with Crippen LogP contribution in [0.25, 0.3) is 0 Å². The van der Waals surface area contributed by atoms with Gasteiger partial charge in [-0.25, -0.2) is 0 Å². The molecule has 1 aliphatic rings. The van der Waals surface area contributed by atoms with Gasteiger partial charge in [0.1, 0.15) is 0 Å². The van der Waals surface area contributed by atoms with Crippen LogP contribution in [0.4, 0.5) is 13.2 Å².